The van der Waals surface area contributed by atoms with Gasteiger partial charge in [0.05, 0.1) is 19.6 Å². The molecule has 3 rings (SSSR count). The van der Waals surface area contributed by atoms with Gasteiger partial charge in [-0.05, 0) is 24.3 Å². The lowest BCUT2D eigenvalue weighted by molar-refractivity contribution is -0.207. The third-order valence-corrected chi connectivity index (χ3v) is 5.37. The summed E-state index contributed by atoms with van der Waals surface area (Å²) in [6.07, 6.45) is -16.4. The van der Waals surface area contributed by atoms with Crippen LogP contribution in [0.5, 0.6) is 0 Å². The van der Waals surface area contributed by atoms with Gasteiger partial charge in [-0.15, -0.1) is 0 Å². The van der Waals surface area contributed by atoms with Crippen LogP contribution in [0.3, 0.4) is 0 Å². The number of ether oxygens (including phenoxy) is 1. The van der Waals surface area contributed by atoms with Gasteiger partial charge in [-0.1, -0.05) is 0 Å². The van der Waals surface area contributed by atoms with E-state index in [4.69, 9.17) is 4.74 Å². The van der Waals surface area contributed by atoms with E-state index in [2.05, 4.69) is 0 Å². The summed E-state index contributed by atoms with van der Waals surface area (Å²) >= 11 is 0. The van der Waals surface area contributed by atoms with Crippen LogP contribution >= 0.6 is 0 Å². The zero-order valence-corrected chi connectivity index (χ0v) is 17.8. The molecule has 0 radical (unpaired) electrons. The van der Waals surface area contributed by atoms with Gasteiger partial charge < -0.3 is 20.3 Å². The minimum atomic E-state index is -5.07. The molecule has 2 aliphatic rings. The van der Waals surface area contributed by atoms with Gasteiger partial charge in [0.25, 0.3) is 0 Å². The molecule has 3 amide bonds. The third kappa shape index (κ3) is 6.23. The predicted molar refractivity (Wildman–Crippen MR) is 106 cm³/mol. The fraction of sp³-hybridized carbons (Fsp3) is 0.526. The molecule has 9 nitrogen and oxygen atoms in total. The fourth-order valence-corrected chi connectivity index (χ4v) is 3.71. The van der Waals surface area contributed by atoms with E-state index in [9.17, 15) is 45.1 Å². The Morgan fingerprint density at radius 1 is 1.09 bits per heavy atom. The lowest BCUT2D eigenvalue weighted by Crippen LogP contribution is -2.63. The fourth-order valence-electron chi connectivity index (χ4n) is 3.71. The van der Waals surface area contributed by atoms with Crippen molar-refractivity contribution >= 4 is 29.8 Å². The molecule has 2 fully saturated rings. The standard InChI is InChI=1S/C19H20F7N5O4/c20-14-9-29(5-6-30(14)15(28-10-32)18(21,22)23)11-1-3-12(4-2-11)31-8-13(35-17(31)34)7-27-16(33)19(24,25)26/h1-4,10,13-15H,5-9H2,(H,27,33)(H,28,32). The molecule has 3 atom stereocenters. The van der Waals surface area contributed by atoms with Crippen LogP contribution in [0.4, 0.5) is 46.9 Å². The number of alkyl halides is 7. The monoisotopic (exact) mass is 515 g/mol. The van der Waals surface area contributed by atoms with Crippen molar-refractivity contribution in [3.63, 3.8) is 0 Å². The van der Waals surface area contributed by atoms with E-state index in [0.29, 0.717) is 16.3 Å². The molecular weight excluding hydrogens is 495 g/mol. The lowest BCUT2D eigenvalue weighted by atomic mass is 10.2. The molecule has 2 saturated heterocycles. The summed E-state index contributed by atoms with van der Waals surface area (Å²) in [5.74, 6) is -2.16. The minimum Gasteiger partial charge on any atom is -0.442 e. The predicted octanol–water partition coefficient (Wildman–Crippen LogP) is 1.74. The van der Waals surface area contributed by atoms with Crippen LogP contribution in [0.1, 0.15) is 0 Å². The van der Waals surface area contributed by atoms with Crippen molar-refractivity contribution < 1.29 is 49.9 Å². The van der Waals surface area contributed by atoms with Crippen molar-refractivity contribution in [1.82, 2.24) is 15.5 Å². The van der Waals surface area contributed by atoms with Crippen molar-refractivity contribution in [3.05, 3.63) is 24.3 Å². The summed E-state index contributed by atoms with van der Waals surface area (Å²) in [4.78, 5) is 36.6. The van der Waals surface area contributed by atoms with Gasteiger partial charge in [-0.25, -0.2) is 14.1 Å². The maximum atomic E-state index is 14.6. The molecule has 0 bridgehead atoms. The van der Waals surface area contributed by atoms with Crippen LogP contribution in [0.2, 0.25) is 0 Å². The molecule has 3 unspecified atom stereocenters. The van der Waals surface area contributed by atoms with Crippen LogP contribution < -0.4 is 20.4 Å². The second-order valence-corrected chi connectivity index (χ2v) is 7.69. The van der Waals surface area contributed by atoms with Crippen LogP contribution in [-0.4, -0.2) is 87.0 Å². The molecule has 0 saturated carbocycles. The maximum absolute atomic E-state index is 14.6. The summed E-state index contributed by atoms with van der Waals surface area (Å²) in [6, 6.07) is 5.90. The summed E-state index contributed by atoms with van der Waals surface area (Å²) in [5, 5.41) is 3.21. The zero-order chi connectivity index (χ0) is 26.0. The molecule has 0 aliphatic carbocycles. The topological polar surface area (TPSA) is 94.2 Å². The number of cyclic esters (lactones) is 1. The zero-order valence-electron chi connectivity index (χ0n) is 17.8. The molecule has 194 valence electrons. The number of rotatable bonds is 7. The van der Waals surface area contributed by atoms with E-state index in [1.807, 2.05) is 0 Å². The Bertz CT molecular complexity index is 928. The van der Waals surface area contributed by atoms with Crippen molar-refractivity contribution in [2.24, 2.45) is 0 Å². The maximum Gasteiger partial charge on any atom is 0.471 e. The highest BCUT2D eigenvalue weighted by atomic mass is 19.4. The van der Waals surface area contributed by atoms with E-state index in [1.54, 1.807) is 10.6 Å². The first-order chi connectivity index (χ1) is 16.3. The summed E-state index contributed by atoms with van der Waals surface area (Å²) in [5.41, 5.74) is 0.760. The number of hydrogen-bond donors (Lipinski definition) is 2. The molecule has 1 aromatic carbocycles. The third-order valence-electron chi connectivity index (χ3n) is 5.37. The van der Waals surface area contributed by atoms with Crippen LogP contribution in [-0.2, 0) is 14.3 Å². The van der Waals surface area contributed by atoms with E-state index in [0.717, 1.165) is 4.90 Å². The first kappa shape index (κ1) is 26.3. The average Bonchev–Trinajstić information content (AvgIpc) is 3.15. The van der Waals surface area contributed by atoms with E-state index < -0.39 is 56.0 Å². The highest BCUT2D eigenvalue weighted by Crippen LogP contribution is 2.30. The number of benzene rings is 1. The summed E-state index contributed by atoms with van der Waals surface area (Å²) in [7, 11) is 0. The highest BCUT2D eigenvalue weighted by molar-refractivity contribution is 5.90. The molecule has 1 aromatic rings. The Hall–Kier alpha value is -3.30. The summed E-state index contributed by atoms with van der Waals surface area (Å²) < 4.78 is 95.7. The van der Waals surface area contributed by atoms with Crippen molar-refractivity contribution in [2.75, 3.05) is 42.5 Å². The molecule has 0 aromatic heterocycles. The molecule has 2 heterocycles. The number of halogens is 7. The van der Waals surface area contributed by atoms with Crippen molar-refractivity contribution in [3.8, 4) is 0 Å². The quantitative estimate of drug-likeness (QED) is 0.327. The van der Waals surface area contributed by atoms with Gasteiger partial charge in [0, 0.05) is 24.5 Å². The second-order valence-electron chi connectivity index (χ2n) is 7.69. The van der Waals surface area contributed by atoms with Gasteiger partial charge >= 0.3 is 24.4 Å². The SMILES string of the molecule is O=CNC(N1CCN(c2ccc(N3CC(CNC(=O)C(F)(F)F)OC3=O)cc2)CC1F)C(F)(F)F. The van der Waals surface area contributed by atoms with Gasteiger partial charge in [-0.3, -0.25) is 14.5 Å². The number of anilines is 2. The summed E-state index contributed by atoms with van der Waals surface area (Å²) in [6.45, 7) is -1.42. The Labute approximate surface area is 193 Å². The Kier molecular flexibility index (Phi) is 7.62. The molecule has 2 aliphatic heterocycles. The van der Waals surface area contributed by atoms with E-state index in [1.165, 1.54) is 29.2 Å². The molecule has 16 heteroatoms. The number of piperazine rings is 1. The first-order valence-electron chi connectivity index (χ1n) is 10.2. The molecule has 2 N–H and O–H groups in total. The number of nitrogens with zero attached hydrogens (tertiary/aromatic N) is 3. The first-order valence-corrected chi connectivity index (χ1v) is 10.2. The van der Waals surface area contributed by atoms with Gasteiger partial charge in [0.2, 0.25) is 6.41 Å². The Balaban J connectivity index is 1.59. The second kappa shape index (κ2) is 10.1. The number of carbonyl (C=O) groups is 3. The Morgan fingerprint density at radius 3 is 2.26 bits per heavy atom. The van der Waals surface area contributed by atoms with Crippen LogP contribution in [0.15, 0.2) is 24.3 Å². The van der Waals surface area contributed by atoms with E-state index >= 15 is 0 Å². The van der Waals surface area contributed by atoms with Gasteiger partial charge in [0.15, 0.2) is 12.5 Å². The van der Waals surface area contributed by atoms with Gasteiger partial charge in [0.1, 0.15) is 6.10 Å². The largest absolute Gasteiger partial charge is 0.471 e. The molecular formula is C19H20F7N5O4. The number of amides is 3. The highest BCUT2D eigenvalue weighted by Gasteiger charge is 2.47. The van der Waals surface area contributed by atoms with Crippen molar-refractivity contribution in [2.45, 2.75) is 30.9 Å². The Morgan fingerprint density at radius 2 is 1.71 bits per heavy atom. The lowest BCUT2D eigenvalue weighted by Gasteiger charge is -2.42. The average molecular weight is 515 g/mol. The smallest absolute Gasteiger partial charge is 0.442 e. The van der Waals surface area contributed by atoms with Crippen molar-refractivity contribution in [1.29, 1.82) is 0 Å². The van der Waals surface area contributed by atoms with E-state index in [-0.39, 0.29) is 26.0 Å². The minimum absolute atomic E-state index is 0.0135. The molecule has 35 heavy (non-hydrogen) atoms. The van der Waals surface area contributed by atoms with Gasteiger partial charge in [-0.2, -0.15) is 26.3 Å². The number of carbonyl (C=O) groups excluding carboxylic acids is 3. The molecule has 0 spiro atoms. The van der Waals surface area contributed by atoms with Crippen LogP contribution in [0.25, 0.3) is 0 Å². The van der Waals surface area contributed by atoms with Crippen LogP contribution in [0, 0.1) is 0 Å². The number of hydrogen-bond acceptors (Lipinski definition) is 6. The number of nitrogens with one attached hydrogen (secondary N) is 2. The normalized spacial score (nSPS) is 22.5.